The van der Waals surface area contributed by atoms with Gasteiger partial charge in [-0.3, -0.25) is 10.9 Å². The molecule has 3 N–H and O–H groups in total. The first-order chi connectivity index (χ1) is 10.7. The summed E-state index contributed by atoms with van der Waals surface area (Å²) in [6.45, 7) is 0.635. The third-order valence-corrected chi connectivity index (χ3v) is 3.25. The Morgan fingerprint density at radius 1 is 1.00 bits per heavy atom. The molecule has 0 saturated carbocycles. The number of rotatable bonds is 6. The topological polar surface area (TPSA) is 54.5 Å². The SMILES string of the molecule is COc1ccc(CNC(=S)NNc2cccc(OC)c2)cc1. The van der Waals surface area contributed by atoms with Crippen LogP contribution in [0.15, 0.2) is 48.5 Å². The van der Waals surface area contributed by atoms with Crippen LogP contribution in [0.4, 0.5) is 5.69 Å². The number of nitrogens with one attached hydrogen (secondary N) is 3. The first-order valence-corrected chi connectivity index (χ1v) is 7.19. The van der Waals surface area contributed by atoms with Gasteiger partial charge in [-0.2, -0.15) is 0 Å². The van der Waals surface area contributed by atoms with Gasteiger partial charge in [0.1, 0.15) is 11.5 Å². The van der Waals surface area contributed by atoms with Gasteiger partial charge in [-0.1, -0.05) is 18.2 Å². The Labute approximate surface area is 135 Å². The van der Waals surface area contributed by atoms with E-state index in [4.69, 9.17) is 21.7 Å². The van der Waals surface area contributed by atoms with Crippen LogP contribution in [0.3, 0.4) is 0 Å². The number of anilines is 1. The van der Waals surface area contributed by atoms with E-state index in [1.165, 1.54) is 0 Å². The Hall–Kier alpha value is -2.47. The molecule has 0 atom stereocenters. The predicted molar refractivity (Wildman–Crippen MR) is 92.2 cm³/mol. The molecular weight excluding hydrogens is 298 g/mol. The summed E-state index contributed by atoms with van der Waals surface area (Å²) in [6.07, 6.45) is 0. The maximum absolute atomic E-state index is 5.22. The average Bonchev–Trinajstić information content (AvgIpc) is 2.58. The van der Waals surface area contributed by atoms with Crippen LogP contribution in [-0.2, 0) is 6.54 Å². The van der Waals surface area contributed by atoms with Crippen LogP contribution in [0.5, 0.6) is 11.5 Å². The number of hydrogen-bond acceptors (Lipinski definition) is 4. The van der Waals surface area contributed by atoms with E-state index in [0.717, 1.165) is 22.7 Å². The molecule has 0 radical (unpaired) electrons. The standard InChI is InChI=1S/C16H19N3O2S/c1-20-14-8-6-12(7-9-14)11-17-16(22)19-18-13-4-3-5-15(10-13)21-2/h3-10,18H,11H2,1-2H3,(H2,17,19,22). The molecule has 0 saturated heterocycles. The maximum atomic E-state index is 5.22. The number of methoxy groups -OCH3 is 2. The molecule has 2 aromatic carbocycles. The second-order valence-corrected chi connectivity index (χ2v) is 4.92. The lowest BCUT2D eigenvalue weighted by Gasteiger charge is -2.13. The van der Waals surface area contributed by atoms with Crippen LogP contribution in [0, 0.1) is 0 Å². The van der Waals surface area contributed by atoms with Crippen molar-refractivity contribution >= 4 is 23.0 Å². The average molecular weight is 317 g/mol. The maximum Gasteiger partial charge on any atom is 0.185 e. The lowest BCUT2D eigenvalue weighted by molar-refractivity contribution is 0.414. The van der Waals surface area contributed by atoms with Crippen molar-refractivity contribution in [1.82, 2.24) is 10.7 Å². The molecule has 0 heterocycles. The monoisotopic (exact) mass is 317 g/mol. The zero-order chi connectivity index (χ0) is 15.8. The molecule has 0 aliphatic rings. The van der Waals surface area contributed by atoms with Crippen LogP contribution >= 0.6 is 12.2 Å². The minimum atomic E-state index is 0.513. The Morgan fingerprint density at radius 3 is 2.41 bits per heavy atom. The lowest BCUT2D eigenvalue weighted by Crippen LogP contribution is -2.38. The summed E-state index contributed by atoms with van der Waals surface area (Å²) in [4.78, 5) is 0. The van der Waals surface area contributed by atoms with Crippen molar-refractivity contribution in [1.29, 1.82) is 0 Å². The second kappa shape index (κ2) is 8.09. The number of hydrogen-bond donors (Lipinski definition) is 3. The Morgan fingerprint density at radius 2 is 1.73 bits per heavy atom. The number of thiocarbonyl (C=S) groups is 1. The van der Waals surface area contributed by atoms with Crippen molar-refractivity contribution in [2.75, 3.05) is 19.6 Å². The van der Waals surface area contributed by atoms with Gasteiger partial charge in [0.15, 0.2) is 5.11 Å². The normalized spacial score (nSPS) is 9.73. The van der Waals surface area contributed by atoms with Crippen LogP contribution in [-0.4, -0.2) is 19.3 Å². The zero-order valence-electron chi connectivity index (χ0n) is 12.6. The van der Waals surface area contributed by atoms with E-state index >= 15 is 0 Å². The lowest BCUT2D eigenvalue weighted by atomic mass is 10.2. The highest BCUT2D eigenvalue weighted by Crippen LogP contribution is 2.15. The van der Waals surface area contributed by atoms with Crippen LogP contribution in [0.1, 0.15) is 5.56 Å². The summed E-state index contributed by atoms with van der Waals surface area (Å²) in [5, 5.41) is 3.63. The molecule has 0 unspecified atom stereocenters. The summed E-state index contributed by atoms with van der Waals surface area (Å²) < 4.78 is 10.3. The van der Waals surface area contributed by atoms with Crippen molar-refractivity contribution in [3.63, 3.8) is 0 Å². The highest BCUT2D eigenvalue weighted by atomic mass is 32.1. The largest absolute Gasteiger partial charge is 0.497 e. The quantitative estimate of drug-likeness (QED) is 0.563. The smallest absolute Gasteiger partial charge is 0.185 e. The Balaban J connectivity index is 1.77. The number of hydrazine groups is 1. The molecule has 2 rings (SSSR count). The molecular formula is C16H19N3O2S. The van der Waals surface area contributed by atoms with E-state index < -0.39 is 0 Å². The molecule has 0 bridgehead atoms. The highest BCUT2D eigenvalue weighted by molar-refractivity contribution is 7.80. The van der Waals surface area contributed by atoms with Crippen LogP contribution in [0.2, 0.25) is 0 Å². The Bertz CT molecular complexity index is 617. The molecule has 22 heavy (non-hydrogen) atoms. The molecule has 0 fully saturated rings. The molecule has 6 heteroatoms. The van der Waals surface area contributed by atoms with Gasteiger partial charge in [-0.15, -0.1) is 0 Å². The van der Waals surface area contributed by atoms with Crippen LogP contribution < -0.4 is 25.6 Å². The fourth-order valence-electron chi connectivity index (χ4n) is 1.80. The summed E-state index contributed by atoms with van der Waals surface area (Å²) in [5.41, 5.74) is 7.94. The van der Waals surface area contributed by atoms with Gasteiger partial charge >= 0.3 is 0 Å². The van der Waals surface area contributed by atoms with E-state index in [1.807, 2.05) is 48.5 Å². The van der Waals surface area contributed by atoms with Gasteiger partial charge in [0.2, 0.25) is 0 Å². The van der Waals surface area contributed by atoms with Crippen molar-refractivity contribution < 1.29 is 9.47 Å². The molecule has 0 aliphatic carbocycles. The van der Waals surface area contributed by atoms with Crippen LogP contribution in [0.25, 0.3) is 0 Å². The Kier molecular flexibility index (Phi) is 5.85. The van der Waals surface area contributed by atoms with Gasteiger partial charge in [-0.25, -0.2) is 0 Å². The van der Waals surface area contributed by atoms with E-state index in [0.29, 0.717) is 11.7 Å². The first kappa shape index (κ1) is 15.9. The minimum Gasteiger partial charge on any atom is -0.497 e. The summed E-state index contributed by atoms with van der Waals surface area (Å²) >= 11 is 5.22. The summed E-state index contributed by atoms with van der Waals surface area (Å²) in [6, 6.07) is 15.4. The zero-order valence-corrected chi connectivity index (χ0v) is 13.4. The molecule has 0 spiro atoms. The first-order valence-electron chi connectivity index (χ1n) is 6.78. The van der Waals surface area contributed by atoms with E-state index in [-0.39, 0.29) is 0 Å². The molecule has 0 aliphatic heterocycles. The summed E-state index contributed by atoms with van der Waals surface area (Å²) in [5.74, 6) is 1.62. The van der Waals surface area contributed by atoms with E-state index in [9.17, 15) is 0 Å². The van der Waals surface area contributed by atoms with E-state index in [1.54, 1.807) is 14.2 Å². The second-order valence-electron chi connectivity index (χ2n) is 4.51. The number of ether oxygens (including phenoxy) is 2. The van der Waals surface area contributed by atoms with Crippen molar-refractivity contribution in [2.24, 2.45) is 0 Å². The van der Waals surface area contributed by atoms with Gasteiger partial charge in [0.25, 0.3) is 0 Å². The summed E-state index contributed by atoms with van der Waals surface area (Å²) in [7, 11) is 3.28. The fourth-order valence-corrected chi connectivity index (χ4v) is 1.92. The highest BCUT2D eigenvalue weighted by Gasteiger charge is 1.99. The molecule has 116 valence electrons. The van der Waals surface area contributed by atoms with Gasteiger partial charge in [0, 0.05) is 12.6 Å². The molecule has 2 aromatic rings. The molecule has 5 nitrogen and oxygen atoms in total. The van der Waals surface area contributed by atoms with Gasteiger partial charge in [0.05, 0.1) is 19.9 Å². The van der Waals surface area contributed by atoms with Gasteiger partial charge in [-0.05, 0) is 42.0 Å². The molecule has 0 aromatic heterocycles. The predicted octanol–water partition coefficient (Wildman–Crippen LogP) is 2.70. The third kappa shape index (κ3) is 4.82. The van der Waals surface area contributed by atoms with Crippen molar-refractivity contribution in [3.8, 4) is 11.5 Å². The number of benzene rings is 2. The molecule has 0 amide bonds. The van der Waals surface area contributed by atoms with Gasteiger partial charge < -0.3 is 14.8 Å². The fraction of sp³-hybridized carbons (Fsp3) is 0.188. The van der Waals surface area contributed by atoms with E-state index in [2.05, 4.69) is 16.2 Å². The third-order valence-electron chi connectivity index (χ3n) is 3.00. The minimum absolute atomic E-state index is 0.513. The van der Waals surface area contributed by atoms with Crippen molar-refractivity contribution in [2.45, 2.75) is 6.54 Å². The van der Waals surface area contributed by atoms with Crippen molar-refractivity contribution in [3.05, 3.63) is 54.1 Å².